The maximum absolute atomic E-state index is 13.4. The van der Waals surface area contributed by atoms with Gasteiger partial charge in [-0.1, -0.05) is 0 Å². The first-order valence-corrected chi connectivity index (χ1v) is 11.8. The second-order valence-electron chi connectivity index (χ2n) is 8.77. The van der Waals surface area contributed by atoms with Gasteiger partial charge < -0.3 is 14.4 Å². The number of imidazole rings is 1. The standard InChI is InChI=1S/C29H27N5O3/c1-18-12-21(36-4)7-9-23(18)25-11-6-20(14-30-25)33(3)29(35)26-17-34-27(15-32-28(34)16-31-26)24-10-8-22(37-5)13-19(24)2/h6-17H,1-5H3. The molecular weight excluding hydrogens is 466 g/mol. The first-order valence-electron chi connectivity index (χ1n) is 11.8. The molecule has 3 aromatic heterocycles. The van der Waals surface area contributed by atoms with Crippen molar-refractivity contribution in [2.24, 2.45) is 0 Å². The van der Waals surface area contributed by atoms with Crippen LogP contribution in [0.15, 0.2) is 73.3 Å². The molecule has 5 aromatic rings. The number of carbonyl (C=O) groups is 1. The second kappa shape index (κ2) is 9.73. The van der Waals surface area contributed by atoms with Crippen molar-refractivity contribution in [2.75, 3.05) is 26.2 Å². The van der Waals surface area contributed by atoms with E-state index >= 15 is 0 Å². The number of amides is 1. The maximum atomic E-state index is 13.4. The lowest BCUT2D eigenvalue weighted by Crippen LogP contribution is -2.27. The van der Waals surface area contributed by atoms with E-state index < -0.39 is 0 Å². The SMILES string of the molecule is COc1ccc(-c2ccc(N(C)C(=O)c3cn4c(-c5ccc(OC)cc5C)cnc4cn3)cn2)c(C)c1. The number of anilines is 1. The van der Waals surface area contributed by atoms with Crippen molar-refractivity contribution < 1.29 is 14.3 Å². The van der Waals surface area contributed by atoms with Crippen molar-refractivity contribution in [1.29, 1.82) is 0 Å². The molecule has 0 saturated carbocycles. The van der Waals surface area contributed by atoms with Gasteiger partial charge in [-0.3, -0.25) is 14.2 Å². The molecule has 2 aromatic carbocycles. The average Bonchev–Trinajstić information content (AvgIpc) is 3.35. The number of carbonyl (C=O) groups excluding carboxylic acids is 1. The van der Waals surface area contributed by atoms with Gasteiger partial charge in [0.25, 0.3) is 5.91 Å². The number of aryl methyl sites for hydroxylation is 2. The minimum Gasteiger partial charge on any atom is -0.497 e. The zero-order chi connectivity index (χ0) is 26.1. The van der Waals surface area contributed by atoms with Gasteiger partial charge in [0.15, 0.2) is 5.65 Å². The molecule has 186 valence electrons. The minimum atomic E-state index is -0.247. The number of methoxy groups -OCH3 is 2. The van der Waals surface area contributed by atoms with Crippen LogP contribution in [0.3, 0.4) is 0 Å². The number of pyridine rings is 1. The van der Waals surface area contributed by atoms with Crippen LogP contribution >= 0.6 is 0 Å². The quantitative estimate of drug-likeness (QED) is 0.316. The summed E-state index contributed by atoms with van der Waals surface area (Å²) in [5, 5.41) is 0. The molecule has 0 radical (unpaired) electrons. The molecule has 0 bridgehead atoms. The molecule has 1 amide bonds. The zero-order valence-corrected chi connectivity index (χ0v) is 21.4. The smallest absolute Gasteiger partial charge is 0.278 e. The Morgan fingerprint density at radius 3 is 2.08 bits per heavy atom. The fourth-order valence-electron chi connectivity index (χ4n) is 4.33. The Hall–Kier alpha value is -4.72. The fourth-order valence-corrected chi connectivity index (χ4v) is 4.33. The summed E-state index contributed by atoms with van der Waals surface area (Å²) in [6.45, 7) is 4.03. The lowest BCUT2D eigenvalue weighted by molar-refractivity contribution is 0.0987. The lowest BCUT2D eigenvalue weighted by Gasteiger charge is -2.17. The Labute approximate surface area is 215 Å². The summed E-state index contributed by atoms with van der Waals surface area (Å²) in [6.07, 6.45) is 6.81. The molecule has 0 fully saturated rings. The summed E-state index contributed by atoms with van der Waals surface area (Å²) in [5.74, 6) is 1.34. The largest absolute Gasteiger partial charge is 0.497 e. The Balaban J connectivity index is 1.42. The maximum Gasteiger partial charge on any atom is 0.278 e. The van der Waals surface area contributed by atoms with Gasteiger partial charge in [0.1, 0.15) is 17.2 Å². The third-order valence-corrected chi connectivity index (χ3v) is 6.47. The monoisotopic (exact) mass is 493 g/mol. The highest BCUT2D eigenvalue weighted by Gasteiger charge is 2.18. The zero-order valence-electron chi connectivity index (χ0n) is 21.4. The summed E-state index contributed by atoms with van der Waals surface area (Å²) in [7, 11) is 5.01. The van der Waals surface area contributed by atoms with E-state index in [1.807, 2.05) is 66.8 Å². The van der Waals surface area contributed by atoms with Crippen molar-refractivity contribution in [1.82, 2.24) is 19.4 Å². The van der Waals surface area contributed by atoms with Crippen LogP contribution in [0, 0.1) is 13.8 Å². The van der Waals surface area contributed by atoms with Crippen molar-refractivity contribution in [3.63, 3.8) is 0 Å². The molecule has 8 heteroatoms. The van der Waals surface area contributed by atoms with Crippen LogP contribution in [-0.2, 0) is 0 Å². The molecule has 0 atom stereocenters. The van der Waals surface area contributed by atoms with Crippen LogP contribution in [0.25, 0.3) is 28.2 Å². The van der Waals surface area contributed by atoms with E-state index in [9.17, 15) is 4.79 Å². The normalized spacial score (nSPS) is 10.9. The van der Waals surface area contributed by atoms with E-state index in [0.717, 1.165) is 45.1 Å². The molecule has 5 rings (SSSR count). The van der Waals surface area contributed by atoms with Gasteiger partial charge in [0.2, 0.25) is 0 Å². The predicted molar refractivity (Wildman–Crippen MR) is 143 cm³/mol. The Kier molecular flexibility index (Phi) is 6.31. The van der Waals surface area contributed by atoms with Crippen LogP contribution in [-0.4, -0.2) is 46.5 Å². The number of ether oxygens (including phenoxy) is 2. The van der Waals surface area contributed by atoms with Crippen LogP contribution in [0.2, 0.25) is 0 Å². The number of hydrogen-bond donors (Lipinski definition) is 0. The first-order chi connectivity index (χ1) is 17.9. The molecular formula is C29H27N5O3. The highest BCUT2D eigenvalue weighted by molar-refractivity contribution is 6.04. The Morgan fingerprint density at radius 2 is 1.49 bits per heavy atom. The third kappa shape index (κ3) is 4.49. The molecule has 0 unspecified atom stereocenters. The minimum absolute atomic E-state index is 0.247. The van der Waals surface area contributed by atoms with Crippen LogP contribution in [0.1, 0.15) is 21.6 Å². The molecule has 37 heavy (non-hydrogen) atoms. The van der Waals surface area contributed by atoms with Crippen LogP contribution in [0.4, 0.5) is 5.69 Å². The van der Waals surface area contributed by atoms with E-state index in [2.05, 4.69) is 15.0 Å². The molecule has 0 N–H and O–H groups in total. The Morgan fingerprint density at radius 1 is 0.811 bits per heavy atom. The van der Waals surface area contributed by atoms with E-state index in [1.54, 1.807) is 51.0 Å². The Bertz CT molecular complexity index is 1610. The summed E-state index contributed by atoms with van der Waals surface area (Å²) in [5.41, 5.74) is 7.43. The van der Waals surface area contributed by atoms with Crippen molar-refractivity contribution in [3.05, 3.63) is 90.1 Å². The van der Waals surface area contributed by atoms with Gasteiger partial charge in [0, 0.05) is 24.4 Å². The topological polar surface area (TPSA) is 81.9 Å². The number of rotatable bonds is 6. The summed E-state index contributed by atoms with van der Waals surface area (Å²) in [4.78, 5) is 28.3. The van der Waals surface area contributed by atoms with Gasteiger partial charge in [-0.15, -0.1) is 0 Å². The number of nitrogens with zero attached hydrogens (tertiary/aromatic N) is 5. The van der Waals surface area contributed by atoms with Gasteiger partial charge in [-0.2, -0.15) is 0 Å². The average molecular weight is 494 g/mol. The molecule has 0 spiro atoms. The molecule has 0 aliphatic carbocycles. The highest BCUT2D eigenvalue weighted by atomic mass is 16.5. The molecule has 3 heterocycles. The van der Waals surface area contributed by atoms with Gasteiger partial charge >= 0.3 is 0 Å². The summed E-state index contributed by atoms with van der Waals surface area (Å²) in [6, 6.07) is 15.5. The summed E-state index contributed by atoms with van der Waals surface area (Å²) < 4.78 is 12.5. The molecule has 8 nitrogen and oxygen atoms in total. The second-order valence-corrected chi connectivity index (χ2v) is 8.77. The number of aromatic nitrogens is 4. The van der Waals surface area contributed by atoms with Crippen LogP contribution < -0.4 is 14.4 Å². The lowest BCUT2D eigenvalue weighted by atomic mass is 10.0. The number of hydrogen-bond acceptors (Lipinski definition) is 6. The molecule has 0 aliphatic heterocycles. The number of fused-ring (bicyclic) bond motifs is 1. The van der Waals surface area contributed by atoms with E-state index in [0.29, 0.717) is 17.0 Å². The summed E-state index contributed by atoms with van der Waals surface area (Å²) >= 11 is 0. The first kappa shape index (κ1) is 24.0. The third-order valence-electron chi connectivity index (χ3n) is 6.47. The molecule has 0 aliphatic rings. The van der Waals surface area contributed by atoms with Crippen LogP contribution in [0.5, 0.6) is 11.5 Å². The van der Waals surface area contributed by atoms with E-state index in [1.165, 1.54) is 0 Å². The van der Waals surface area contributed by atoms with Gasteiger partial charge in [-0.05, 0) is 73.5 Å². The predicted octanol–water partition coefficient (Wildman–Crippen LogP) is 5.37. The van der Waals surface area contributed by atoms with Crippen molar-refractivity contribution >= 4 is 17.2 Å². The van der Waals surface area contributed by atoms with Crippen molar-refractivity contribution in [2.45, 2.75) is 13.8 Å². The fraction of sp³-hybridized carbons (Fsp3) is 0.172. The molecule has 0 saturated heterocycles. The van der Waals surface area contributed by atoms with Crippen molar-refractivity contribution in [3.8, 4) is 34.0 Å². The van der Waals surface area contributed by atoms with E-state index in [4.69, 9.17) is 9.47 Å². The van der Waals surface area contributed by atoms with Gasteiger partial charge in [-0.25, -0.2) is 9.97 Å². The highest BCUT2D eigenvalue weighted by Crippen LogP contribution is 2.29. The van der Waals surface area contributed by atoms with Gasteiger partial charge in [0.05, 0.1) is 49.9 Å². The number of benzene rings is 2. The van der Waals surface area contributed by atoms with E-state index in [-0.39, 0.29) is 5.91 Å².